The quantitative estimate of drug-likeness (QED) is 0.620. The molecule has 0 saturated carbocycles. The van der Waals surface area contributed by atoms with Crippen molar-refractivity contribution in [3.8, 4) is 5.75 Å². The zero-order valence-electron chi connectivity index (χ0n) is 17.6. The van der Waals surface area contributed by atoms with Gasteiger partial charge >= 0.3 is 18.0 Å². The Labute approximate surface area is 179 Å². The van der Waals surface area contributed by atoms with Gasteiger partial charge < -0.3 is 29.7 Å². The number of carbonyl (C=O) groups excluding carboxylic acids is 4. The third-order valence-corrected chi connectivity index (χ3v) is 5.06. The SMILES string of the molecule is CCOC(=O)C1=C(COC(=O)C2CC(=O)N(c3ccccc3OC)C2)NC(=O)NC1C. The third kappa shape index (κ3) is 4.79. The normalized spacial score (nSPS) is 20.8. The van der Waals surface area contributed by atoms with Crippen molar-refractivity contribution >= 4 is 29.6 Å². The second kappa shape index (κ2) is 9.50. The van der Waals surface area contributed by atoms with Crippen molar-refractivity contribution in [2.75, 3.05) is 31.8 Å². The monoisotopic (exact) mass is 431 g/mol. The van der Waals surface area contributed by atoms with E-state index in [-0.39, 0.29) is 43.4 Å². The van der Waals surface area contributed by atoms with E-state index in [9.17, 15) is 19.2 Å². The molecule has 1 aromatic rings. The molecule has 1 fully saturated rings. The van der Waals surface area contributed by atoms with Gasteiger partial charge in [-0.05, 0) is 26.0 Å². The second-order valence-corrected chi connectivity index (χ2v) is 7.12. The number of hydrogen-bond acceptors (Lipinski definition) is 7. The van der Waals surface area contributed by atoms with Crippen molar-refractivity contribution in [2.24, 2.45) is 5.92 Å². The van der Waals surface area contributed by atoms with E-state index in [0.717, 1.165) is 0 Å². The Morgan fingerprint density at radius 3 is 2.65 bits per heavy atom. The number of amides is 3. The molecule has 0 spiro atoms. The van der Waals surface area contributed by atoms with Crippen molar-refractivity contribution in [1.82, 2.24) is 10.6 Å². The van der Waals surface area contributed by atoms with Gasteiger partial charge in [0.2, 0.25) is 5.91 Å². The molecule has 31 heavy (non-hydrogen) atoms. The largest absolute Gasteiger partial charge is 0.495 e. The molecule has 0 aromatic heterocycles. The number of urea groups is 1. The average molecular weight is 431 g/mol. The van der Waals surface area contributed by atoms with Crippen molar-refractivity contribution in [3.05, 3.63) is 35.5 Å². The number of rotatable bonds is 7. The number of para-hydroxylation sites is 2. The first-order chi connectivity index (χ1) is 14.8. The minimum absolute atomic E-state index is 0.00895. The Kier molecular flexibility index (Phi) is 6.78. The summed E-state index contributed by atoms with van der Waals surface area (Å²) in [5, 5.41) is 5.07. The van der Waals surface area contributed by atoms with Crippen LogP contribution in [0.3, 0.4) is 0 Å². The number of ether oxygens (including phenoxy) is 3. The Bertz CT molecular complexity index is 927. The molecule has 1 saturated heterocycles. The van der Waals surface area contributed by atoms with E-state index in [0.29, 0.717) is 11.4 Å². The van der Waals surface area contributed by atoms with Crippen LogP contribution in [0.15, 0.2) is 35.5 Å². The molecule has 0 bridgehead atoms. The summed E-state index contributed by atoms with van der Waals surface area (Å²) in [6.45, 7) is 3.30. The number of benzene rings is 1. The number of carbonyl (C=O) groups is 4. The fourth-order valence-electron chi connectivity index (χ4n) is 3.61. The molecule has 10 heteroatoms. The molecule has 2 heterocycles. The number of hydrogen-bond donors (Lipinski definition) is 2. The highest BCUT2D eigenvalue weighted by Crippen LogP contribution is 2.33. The molecule has 0 aliphatic carbocycles. The highest BCUT2D eigenvalue weighted by molar-refractivity contribution is 6.00. The van der Waals surface area contributed by atoms with E-state index in [1.165, 1.54) is 12.0 Å². The first kappa shape index (κ1) is 22.1. The number of methoxy groups -OCH3 is 1. The standard InChI is InChI=1S/C21H25N3O7/c1-4-30-20(27)18-12(2)22-21(28)23-14(18)11-31-19(26)13-9-17(25)24(10-13)15-7-5-6-8-16(15)29-3/h5-8,12-13H,4,9-11H2,1-3H3,(H2,22,23,28). The lowest BCUT2D eigenvalue weighted by Gasteiger charge is -2.26. The summed E-state index contributed by atoms with van der Waals surface area (Å²) in [5.74, 6) is -1.57. The summed E-state index contributed by atoms with van der Waals surface area (Å²) in [7, 11) is 1.51. The second-order valence-electron chi connectivity index (χ2n) is 7.12. The molecule has 2 atom stereocenters. The molecule has 166 valence electrons. The smallest absolute Gasteiger partial charge is 0.338 e. The highest BCUT2D eigenvalue weighted by Gasteiger charge is 2.38. The lowest BCUT2D eigenvalue weighted by atomic mass is 10.0. The minimum Gasteiger partial charge on any atom is -0.495 e. The van der Waals surface area contributed by atoms with Crippen molar-refractivity contribution in [1.29, 1.82) is 0 Å². The maximum atomic E-state index is 12.6. The maximum Gasteiger partial charge on any atom is 0.338 e. The van der Waals surface area contributed by atoms with Crippen LogP contribution < -0.4 is 20.3 Å². The van der Waals surface area contributed by atoms with Crippen LogP contribution in [-0.4, -0.2) is 56.8 Å². The summed E-state index contributed by atoms with van der Waals surface area (Å²) in [5.41, 5.74) is 0.929. The Hall–Kier alpha value is -3.56. The molecule has 3 rings (SSSR count). The van der Waals surface area contributed by atoms with E-state index < -0.39 is 29.9 Å². The maximum absolute atomic E-state index is 12.6. The molecular weight excluding hydrogens is 406 g/mol. The minimum atomic E-state index is -0.682. The predicted molar refractivity (Wildman–Crippen MR) is 109 cm³/mol. The highest BCUT2D eigenvalue weighted by atomic mass is 16.5. The van der Waals surface area contributed by atoms with E-state index >= 15 is 0 Å². The summed E-state index contributed by atoms with van der Waals surface area (Å²) in [6.07, 6.45) is -0.00895. The van der Waals surface area contributed by atoms with Gasteiger partial charge in [-0.15, -0.1) is 0 Å². The van der Waals surface area contributed by atoms with Crippen LogP contribution >= 0.6 is 0 Å². The van der Waals surface area contributed by atoms with Crippen LogP contribution in [-0.2, 0) is 23.9 Å². The van der Waals surface area contributed by atoms with Gasteiger partial charge in [0.05, 0.1) is 42.6 Å². The molecule has 2 N–H and O–H groups in total. The van der Waals surface area contributed by atoms with Crippen molar-refractivity contribution in [3.63, 3.8) is 0 Å². The van der Waals surface area contributed by atoms with Gasteiger partial charge in [0.1, 0.15) is 12.4 Å². The zero-order valence-corrected chi connectivity index (χ0v) is 17.6. The Morgan fingerprint density at radius 1 is 1.19 bits per heavy atom. The molecule has 3 amide bonds. The number of esters is 2. The van der Waals surface area contributed by atoms with Crippen LogP contribution in [0.1, 0.15) is 20.3 Å². The molecule has 0 radical (unpaired) electrons. The van der Waals surface area contributed by atoms with Crippen LogP contribution in [0.25, 0.3) is 0 Å². The average Bonchev–Trinajstić information content (AvgIpc) is 3.13. The van der Waals surface area contributed by atoms with Gasteiger partial charge in [0, 0.05) is 13.0 Å². The number of anilines is 1. The Balaban J connectivity index is 1.70. The van der Waals surface area contributed by atoms with Gasteiger partial charge in [-0.25, -0.2) is 9.59 Å². The van der Waals surface area contributed by atoms with Crippen molar-refractivity contribution < 1.29 is 33.4 Å². The summed E-state index contributed by atoms with van der Waals surface area (Å²) < 4.78 is 15.7. The fourth-order valence-corrected chi connectivity index (χ4v) is 3.61. The molecule has 2 aliphatic rings. The van der Waals surface area contributed by atoms with Crippen LogP contribution in [0.4, 0.5) is 10.5 Å². The lowest BCUT2D eigenvalue weighted by Crippen LogP contribution is -2.50. The van der Waals surface area contributed by atoms with E-state index in [1.54, 1.807) is 38.1 Å². The van der Waals surface area contributed by atoms with E-state index in [2.05, 4.69) is 10.6 Å². The zero-order chi connectivity index (χ0) is 22.5. The van der Waals surface area contributed by atoms with Gasteiger partial charge in [-0.2, -0.15) is 0 Å². The lowest BCUT2D eigenvalue weighted by molar-refractivity contribution is -0.147. The van der Waals surface area contributed by atoms with E-state index in [4.69, 9.17) is 14.2 Å². The first-order valence-corrected chi connectivity index (χ1v) is 9.93. The third-order valence-electron chi connectivity index (χ3n) is 5.06. The number of nitrogens with zero attached hydrogens (tertiary/aromatic N) is 1. The summed E-state index contributed by atoms with van der Waals surface area (Å²) in [6, 6.07) is 5.94. The molecule has 2 unspecified atom stereocenters. The van der Waals surface area contributed by atoms with Gasteiger partial charge in [0.15, 0.2) is 0 Å². The van der Waals surface area contributed by atoms with Crippen LogP contribution in [0, 0.1) is 5.92 Å². The predicted octanol–water partition coefficient (Wildman–Crippen LogP) is 1.11. The van der Waals surface area contributed by atoms with Crippen molar-refractivity contribution in [2.45, 2.75) is 26.3 Å². The van der Waals surface area contributed by atoms with Gasteiger partial charge in [-0.3, -0.25) is 9.59 Å². The molecule has 2 aliphatic heterocycles. The summed E-state index contributed by atoms with van der Waals surface area (Å²) >= 11 is 0. The molecule has 10 nitrogen and oxygen atoms in total. The molecular formula is C21H25N3O7. The van der Waals surface area contributed by atoms with E-state index in [1.807, 2.05) is 0 Å². The fraction of sp³-hybridized carbons (Fsp3) is 0.429. The van der Waals surface area contributed by atoms with Gasteiger partial charge in [-0.1, -0.05) is 12.1 Å². The first-order valence-electron chi connectivity index (χ1n) is 9.93. The van der Waals surface area contributed by atoms with Crippen LogP contribution in [0.2, 0.25) is 0 Å². The summed E-state index contributed by atoms with van der Waals surface area (Å²) in [4.78, 5) is 50.7. The number of nitrogens with one attached hydrogen (secondary N) is 2. The Morgan fingerprint density at radius 2 is 1.94 bits per heavy atom. The van der Waals surface area contributed by atoms with Crippen LogP contribution in [0.5, 0.6) is 5.75 Å². The molecule has 1 aromatic carbocycles. The van der Waals surface area contributed by atoms with Gasteiger partial charge in [0.25, 0.3) is 0 Å². The topological polar surface area (TPSA) is 123 Å².